The van der Waals surface area contributed by atoms with E-state index in [1.807, 2.05) is 29.8 Å². The van der Waals surface area contributed by atoms with Crippen LogP contribution in [0.25, 0.3) is 0 Å². The van der Waals surface area contributed by atoms with Crippen molar-refractivity contribution in [2.24, 2.45) is 0 Å². The Bertz CT molecular complexity index is 580. The summed E-state index contributed by atoms with van der Waals surface area (Å²) in [6.45, 7) is 3.22. The fourth-order valence-electron chi connectivity index (χ4n) is 2.47. The number of aromatic nitrogens is 3. The minimum absolute atomic E-state index is 0.313. The van der Waals surface area contributed by atoms with E-state index in [2.05, 4.69) is 10.1 Å². The number of hydrogen-bond donors (Lipinski definition) is 1. The van der Waals surface area contributed by atoms with Gasteiger partial charge in [-0.2, -0.15) is 5.10 Å². The molecule has 0 bridgehead atoms. The summed E-state index contributed by atoms with van der Waals surface area (Å²) in [5.41, 5.74) is 2.21. The molecule has 100 valence electrons. The maximum absolute atomic E-state index is 9.76. The van der Waals surface area contributed by atoms with Crippen LogP contribution >= 0.6 is 0 Å². The molecule has 1 N–H and O–H groups in total. The molecule has 19 heavy (non-hydrogen) atoms. The maximum atomic E-state index is 9.76. The first-order chi connectivity index (χ1) is 9.28. The van der Waals surface area contributed by atoms with Gasteiger partial charge in [0, 0.05) is 6.54 Å². The Balaban J connectivity index is 1.71. The van der Waals surface area contributed by atoms with Gasteiger partial charge in [-0.15, -0.1) is 0 Å². The van der Waals surface area contributed by atoms with Crippen molar-refractivity contribution in [2.75, 3.05) is 0 Å². The van der Waals surface area contributed by atoms with E-state index in [-0.39, 0.29) is 6.10 Å². The van der Waals surface area contributed by atoms with Crippen LogP contribution in [0.3, 0.4) is 0 Å². The predicted molar refractivity (Wildman–Crippen MR) is 69.8 cm³/mol. The van der Waals surface area contributed by atoms with Crippen LogP contribution in [-0.4, -0.2) is 19.9 Å². The Morgan fingerprint density at radius 3 is 3.21 bits per heavy atom. The molecule has 0 radical (unpaired) electrons. The van der Waals surface area contributed by atoms with Crippen molar-refractivity contribution in [1.29, 1.82) is 0 Å². The van der Waals surface area contributed by atoms with Gasteiger partial charge in [0.2, 0.25) is 0 Å². The van der Waals surface area contributed by atoms with Gasteiger partial charge in [-0.1, -0.05) is 6.07 Å². The summed E-state index contributed by atoms with van der Waals surface area (Å²) in [7, 11) is 0. The normalized spacial score (nSPS) is 17.5. The average Bonchev–Trinajstić information content (AvgIpc) is 3.03. The van der Waals surface area contributed by atoms with Crippen LogP contribution in [-0.2, 0) is 19.6 Å². The Morgan fingerprint density at radius 2 is 2.37 bits per heavy atom. The van der Waals surface area contributed by atoms with Crippen molar-refractivity contribution < 1.29 is 9.84 Å². The summed E-state index contributed by atoms with van der Waals surface area (Å²) in [6.07, 6.45) is 2.95. The first-order valence-corrected chi connectivity index (χ1v) is 6.58. The van der Waals surface area contributed by atoms with E-state index >= 15 is 0 Å². The molecule has 1 atom stereocenters. The third-order valence-electron chi connectivity index (χ3n) is 3.52. The second-order valence-corrected chi connectivity index (χ2v) is 4.70. The molecule has 0 fully saturated rings. The lowest BCUT2D eigenvalue weighted by Crippen LogP contribution is -2.07. The molecule has 3 rings (SSSR count). The molecule has 1 aromatic carbocycles. The highest BCUT2D eigenvalue weighted by molar-refractivity contribution is 5.39. The van der Waals surface area contributed by atoms with Gasteiger partial charge in [0.05, 0.1) is 6.10 Å². The van der Waals surface area contributed by atoms with Crippen molar-refractivity contribution in [2.45, 2.75) is 39.0 Å². The number of hydrogen-bond acceptors (Lipinski definition) is 4. The zero-order valence-electron chi connectivity index (χ0n) is 10.9. The third-order valence-corrected chi connectivity index (χ3v) is 3.52. The Morgan fingerprint density at radius 1 is 1.47 bits per heavy atom. The van der Waals surface area contributed by atoms with Crippen molar-refractivity contribution >= 4 is 0 Å². The standard InChI is InChI=1S/C14H17N3O2/c1-2-17-14(15-9-16-17)8-19-11-4-5-12-10(7-11)3-6-13(12)18/h4-5,7,9,13,18H,2-3,6,8H2,1H3/t13-/m1/s1. The van der Waals surface area contributed by atoms with Gasteiger partial charge in [0.15, 0.2) is 5.82 Å². The molecule has 1 aromatic heterocycles. The number of aliphatic hydroxyl groups excluding tert-OH is 1. The van der Waals surface area contributed by atoms with E-state index in [1.54, 1.807) is 6.33 Å². The predicted octanol–water partition coefficient (Wildman–Crippen LogP) is 1.86. The first kappa shape index (κ1) is 12.2. The smallest absolute Gasteiger partial charge is 0.164 e. The Kier molecular flexibility index (Phi) is 3.21. The summed E-state index contributed by atoms with van der Waals surface area (Å²) >= 11 is 0. The molecule has 1 aliphatic rings. The molecule has 1 aliphatic carbocycles. The summed E-state index contributed by atoms with van der Waals surface area (Å²) < 4.78 is 7.57. The number of benzene rings is 1. The van der Waals surface area contributed by atoms with Crippen LogP contribution in [0.15, 0.2) is 24.5 Å². The molecule has 0 saturated carbocycles. The second-order valence-electron chi connectivity index (χ2n) is 4.70. The molecule has 5 heteroatoms. The zero-order chi connectivity index (χ0) is 13.2. The minimum Gasteiger partial charge on any atom is -0.486 e. The number of nitrogens with zero attached hydrogens (tertiary/aromatic N) is 3. The summed E-state index contributed by atoms with van der Waals surface area (Å²) in [4.78, 5) is 4.17. The van der Waals surface area contributed by atoms with E-state index in [0.717, 1.165) is 36.5 Å². The van der Waals surface area contributed by atoms with E-state index in [0.29, 0.717) is 6.61 Å². The number of rotatable bonds is 4. The Labute approximate surface area is 111 Å². The van der Waals surface area contributed by atoms with Crippen LogP contribution in [0, 0.1) is 0 Å². The van der Waals surface area contributed by atoms with Crippen LogP contribution < -0.4 is 4.74 Å². The molecule has 5 nitrogen and oxygen atoms in total. The number of ether oxygens (including phenoxy) is 1. The van der Waals surface area contributed by atoms with Crippen LogP contribution in [0.2, 0.25) is 0 Å². The van der Waals surface area contributed by atoms with Gasteiger partial charge >= 0.3 is 0 Å². The monoisotopic (exact) mass is 259 g/mol. The highest BCUT2D eigenvalue weighted by atomic mass is 16.5. The molecule has 0 aliphatic heterocycles. The Hall–Kier alpha value is -1.88. The minimum atomic E-state index is -0.313. The maximum Gasteiger partial charge on any atom is 0.164 e. The van der Waals surface area contributed by atoms with Crippen LogP contribution in [0.1, 0.15) is 36.4 Å². The zero-order valence-corrected chi connectivity index (χ0v) is 10.9. The third kappa shape index (κ3) is 2.33. The van der Waals surface area contributed by atoms with Gasteiger partial charge in [-0.25, -0.2) is 9.67 Å². The van der Waals surface area contributed by atoms with Crippen molar-refractivity contribution in [3.05, 3.63) is 41.5 Å². The summed E-state index contributed by atoms with van der Waals surface area (Å²) in [5.74, 6) is 1.64. The van der Waals surface area contributed by atoms with E-state index < -0.39 is 0 Å². The summed E-state index contributed by atoms with van der Waals surface area (Å²) in [5, 5.41) is 13.9. The van der Waals surface area contributed by atoms with Gasteiger partial charge in [-0.05, 0) is 43.0 Å². The van der Waals surface area contributed by atoms with Crippen LogP contribution in [0.4, 0.5) is 0 Å². The molecule has 1 heterocycles. The lowest BCUT2D eigenvalue weighted by atomic mass is 10.1. The lowest BCUT2D eigenvalue weighted by Gasteiger charge is -2.09. The van der Waals surface area contributed by atoms with Gasteiger partial charge in [0.1, 0.15) is 18.7 Å². The SMILES string of the molecule is CCn1ncnc1COc1ccc2c(c1)CC[C@H]2O. The highest BCUT2D eigenvalue weighted by Gasteiger charge is 2.20. The first-order valence-electron chi connectivity index (χ1n) is 6.58. The van der Waals surface area contributed by atoms with Crippen molar-refractivity contribution in [1.82, 2.24) is 14.8 Å². The average molecular weight is 259 g/mol. The topological polar surface area (TPSA) is 60.2 Å². The number of fused-ring (bicyclic) bond motifs is 1. The largest absolute Gasteiger partial charge is 0.486 e. The lowest BCUT2D eigenvalue weighted by molar-refractivity contribution is 0.180. The number of aryl methyl sites for hydroxylation is 2. The molecule has 0 amide bonds. The van der Waals surface area contributed by atoms with E-state index in [4.69, 9.17) is 4.74 Å². The number of aliphatic hydroxyl groups is 1. The van der Waals surface area contributed by atoms with Gasteiger partial charge in [0.25, 0.3) is 0 Å². The molecule has 0 saturated heterocycles. The molecule has 0 spiro atoms. The van der Waals surface area contributed by atoms with Crippen LogP contribution in [0.5, 0.6) is 5.75 Å². The van der Waals surface area contributed by atoms with Gasteiger partial charge in [-0.3, -0.25) is 0 Å². The molecular weight excluding hydrogens is 242 g/mol. The van der Waals surface area contributed by atoms with Crippen molar-refractivity contribution in [3.8, 4) is 5.75 Å². The van der Waals surface area contributed by atoms with Gasteiger partial charge < -0.3 is 9.84 Å². The molecule has 2 aromatic rings. The fraction of sp³-hybridized carbons (Fsp3) is 0.429. The highest BCUT2D eigenvalue weighted by Crippen LogP contribution is 2.33. The molecule has 0 unspecified atom stereocenters. The van der Waals surface area contributed by atoms with E-state index in [9.17, 15) is 5.11 Å². The quantitative estimate of drug-likeness (QED) is 0.910. The van der Waals surface area contributed by atoms with Crippen molar-refractivity contribution in [3.63, 3.8) is 0 Å². The fourth-order valence-corrected chi connectivity index (χ4v) is 2.47. The van der Waals surface area contributed by atoms with E-state index in [1.165, 1.54) is 5.56 Å². The molecular formula is C14H17N3O2. The summed E-state index contributed by atoms with van der Waals surface area (Å²) in [6, 6.07) is 5.87. The second kappa shape index (κ2) is 5.01.